The Morgan fingerprint density at radius 3 is 2.42 bits per heavy atom. The van der Waals surface area contributed by atoms with Gasteiger partial charge in [0.05, 0.1) is 0 Å². The Morgan fingerprint density at radius 2 is 1.75 bits per heavy atom. The fourth-order valence-corrected chi connectivity index (χ4v) is 2.93. The van der Waals surface area contributed by atoms with E-state index >= 15 is 0 Å². The van der Waals surface area contributed by atoms with Crippen LogP contribution >= 0.6 is 15.9 Å². The smallest absolute Gasteiger partial charge is 0.253 e. The number of rotatable bonds is 8. The highest BCUT2D eigenvalue weighted by atomic mass is 79.9. The van der Waals surface area contributed by atoms with Crippen molar-refractivity contribution in [3.63, 3.8) is 0 Å². The van der Waals surface area contributed by atoms with E-state index in [9.17, 15) is 4.79 Å². The number of halogens is 1. The minimum atomic E-state index is 0.0741. The maximum absolute atomic E-state index is 12.7. The van der Waals surface area contributed by atoms with Gasteiger partial charge in [-0.15, -0.1) is 0 Å². The molecule has 0 heterocycles. The monoisotopic (exact) mass is 389 g/mol. The van der Waals surface area contributed by atoms with Gasteiger partial charge < -0.3 is 9.64 Å². The van der Waals surface area contributed by atoms with Crippen LogP contribution < -0.4 is 4.74 Å². The highest BCUT2D eigenvalue weighted by Gasteiger charge is 2.14. The number of amides is 1. The summed E-state index contributed by atoms with van der Waals surface area (Å²) in [6, 6.07) is 15.4. The lowest BCUT2D eigenvalue weighted by molar-refractivity contribution is 0.0755. The van der Waals surface area contributed by atoms with E-state index in [0.29, 0.717) is 17.9 Å². The van der Waals surface area contributed by atoms with Crippen molar-refractivity contribution >= 4 is 21.8 Å². The Labute approximate surface area is 152 Å². The van der Waals surface area contributed by atoms with E-state index in [0.717, 1.165) is 36.0 Å². The predicted molar refractivity (Wildman–Crippen MR) is 101 cm³/mol. The second-order valence-electron chi connectivity index (χ2n) is 5.70. The van der Waals surface area contributed by atoms with Gasteiger partial charge in [0.1, 0.15) is 12.4 Å². The molecule has 3 nitrogen and oxygen atoms in total. The molecule has 0 saturated heterocycles. The summed E-state index contributed by atoms with van der Waals surface area (Å²) in [5.41, 5.74) is 1.76. The lowest BCUT2D eigenvalue weighted by atomic mass is 10.1. The molecule has 0 aromatic heterocycles. The fourth-order valence-electron chi connectivity index (χ4n) is 2.53. The Kier molecular flexibility index (Phi) is 7.32. The molecule has 0 aliphatic heterocycles. The molecule has 0 radical (unpaired) electrons. The van der Waals surface area contributed by atoms with Crippen LogP contribution in [0.2, 0.25) is 0 Å². The summed E-state index contributed by atoms with van der Waals surface area (Å²) < 4.78 is 6.89. The first-order chi connectivity index (χ1) is 11.7. The Balaban J connectivity index is 2.07. The summed E-state index contributed by atoms with van der Waals surface area (Å²) >= 11 is 3.52. The number of carbonyl (C=O) groups is 1. The van der Waals surface area contributed by atoms with Crippen molar-refractivity contribution in [3.05, 3.63) is 64.1 Å². The van der Waals surface area contributed by atoms with Crippen LogP contribution in [-0.2, 0) is 6.61 Å². The van der Waals surface area contributed by atoms with Crippen molar-refractivity contribution in [2.24, 2.45) is 0 Å². The van der Waals surface area contributed by atoms with Gasteiger partial charge in [0, 0.05) is 28.7 Å². The molecule has 0 aliphatic rings. The molecular weight excluding hydrogens is 366 g/mol. The van der Waals surface area contributed by atoms with E-state index in [-0.39, 0.29) is 5.91 Å². The Morgan fingerprint density at radius 1 is 1.04 bits per heavy atom. The van der Waals surface area contributed by atoms with Crippen molar-refractivity contribution in [1.82, 2.24) is 4.90 Å². The minimum absolute atomic E-state index is 0.0741. The van der Waals surface area contributed by atoms with Crippen molar-refractivity contribution in [1.29, 1.82) is 0 Å². The van der Waals surface area contributed by atoms with Crippen LogP contribution in [0.5, 0.6) is 5.75 Å². The summed E-state index contributed by atoms with van der Waals surface area (Å²) in [7, 11) is 0. The summed E-state index contributed by atoms with van der Waals surface area (Å²) in [5.74, 6) is 0.787. The summed E-state index contributed by atoms with van der Waals surface area (Å²) in [5, 5.41) is 0. The van der Waals surface area contributed by atoms with Gasteiger partial charge in [0.15, 0.2) is 0 Å². The van der Waals surface area contributed by atoms with Crippen LogP contribution in [0, 0.1) is 0 Å². The average Bonchev–Trinajstić information content (AvgIpc) is 2.60. The van der Waals surface area contributed by atoms with Crippen molar-refractivity contribution in [2.75, 3.05) is 13.1 Å². The number of carbonyl (C=O) groups excluding carboxylic acids is 1. The zero-order valence-electron chi connectivity index (χ0n) is 14.3. The normalized spacial score (nSPS) is 10.5. The van der Waals surface area contributed by atoms with Gasteiger partial charge in [-0.3, -0.25) is 4.79 Å². The first-order valence-electron chi connectivity index (χ1n) is 8.41. The molecule has 4 heteroatoms. The van der Waals surface area contributed by atoms with E-state index in [1.807, 2.05) is 53.4 Å². The molecule has 1 amide bonds. The molecular formula is C20H24BrNO2. The number of hydrogen-bond acceptors (Lipinski definition) is 2. The lowest BCUT2D eigenvalue weighted by Crippen LogP contribution is -2.32. The summed E-state index contributed by atoms with van der Waals surface area (Å²) in [6.45, 7) is 6.22. The van der Waals surface area contributed by atoms with Crippen LogP contribution in [0.3, 0.4) is 0 Å². The quantitative estimate of drug-likeness (QED) is 0.613. The summed E-state index contributed by atoms with van der Waals surface area (Å²) in [6.07, 6.45) is 1.92. The van der Waals surface area contributed by atoms with Gasteiger partial charge in [-0.2, -0.15) is 0 Å². The van der Waals surface area contributed by atoms with Crippen LogP contribution in [-0.4, -0.2) is 23.9 Å². The number of ether oxygens (including phenoxy) is 1. The van der Waals surface area contributed by atoms with E-state index in [1.165, 1.54) is 0 Å². The second kappa shape index (κ2) is 9.48. The minimum Gasteiger partial charge on any atom is -0.489 e. The van der Waals surface area contributed by atoms with E-state index in [2.05, 4.69) is 29.8 Å². The van der Waals surface area contributed by atoms with Gasteiger partial charge in [-0.05, 0) is 37.1 Å². The third-order valence-corrected chi connectivity index (χ3v) is 4.48. The molecule has 0 saturated carbocycles. The van der Waals surface area contributed by atoms with Gasteiger partial charge >= 0.3 is 0 Å². The third kappa shape index (κ3) is 5.10. The lowest BCUT2D eigenvalue weighted by Gasteiger charge is -2.21. The molecule has 2 aromatic rings. The van der Waals surface area contributed by atoms with Gasteiger partial charge in [0.25, 0.3) is 5.91 Å². The molecule has 24 heavy (non-hydrogen) atoms. The van der Waals surface area contributed by atoms with Crippen molar-refractivity contribution < 1.29 is 9.53 Å². The van der Waals surface area contributed by atoms with Crippen LogP contribution in [0.15, 0.2) is 53.0 Å². The summed E-state index contributed by atoms with van der Waals surface area (Å²) in [4.78, 5) is 14.6. The number of nitrogens with zero attached hydrogens (tertiary/aromatic N) is 1. The first-order valence-corrected chi connectivity index (χ1v) is 9.20. The molecule has 2 rings (SSSR count). The number of benzene rings is 2. The molecule has 0 N–H and O–H groups in total. The highest BCUT2D eigenvalue weighted by Crippen LogP contribution is 2.20. The third-order valence-electron chi connectivity index (χ3n) is 3.71. The fraction of sp³-hybridized carbons (Fsp3) is 0.350. The zero-order chi connectivity index (χ0) is 17.4. The molecule has 128 valence electrons. The van der Waals surface area contributed by atoms with Gasteiger partial charge in [-0.1, -0.05) is 54.0 Å². The maximum atomic E-state index is 12.7. The Hall–Kier alpha value is -1.81. The first kappa shape index (κ1) is 18.5. The average molecular weight is 390 g/mol. The van der Waals surface area contributed by atoms with Crippen LogP contribution in [0.25, 0.3) is 0 Å². The highest BCUT2D eigenvalue weighted by molar-refractivity contribution is 9.10. The SMILES string of the molecule is CCCN(CCC)C(=O)c1cccc(OCc2ccccc2Br)c1. The predicted octanol–water partition coefficient (Wildman–Crippen LogP) is 5.29. The van der Waals surface area contributed by atoms with Gasteiger partial charge in [-0.25, -0.2) is 0 Å². The maximum Gasteiger partial charge on any atom is 0.253 e. The molecule has 0 aliphatic carbocycles. The molecule has 2 aromatic carbocycles. The molecule has 0 unspecified atom stereocenters. The zero-order valence-corrected chi connectivity index (χ0v) is 15.9. The van der Waals surface area contributed by atoms with Crippen molar-refractivity contribution in [3.8, 4) is 5.75 Å². The van der Waals surface area contributed by atoms with Gasteiger partial charge in [0.2, 0.25) is 0 Å². The standard InChI is InChI=1S/C20H24BrNO2/c1-3-12-22(13-4-2)20(23)16-9-7-10-18(14-16)24-15-17-8-5-6-11-19(17)21/h5-11,14H,3-4,12-13,15H2,1-2H3. The van der Waals surface area contributed by atoms with Crippen LogP contribution in [0.4, 0.5) is 0 Å². The van der Waals surface area contributed by atoms with E-state index in [1.54, 1.807) is 0 Å². The Bertz CT molecular complexity index is 666. The molecule has 0 atom stereocenters. The largest absolute Gasteiger partial charge is 0.489 e. The second-order valence-corrected chi connectivity index (χ2v) is 6.55. The van der Waals surface area contributed by atoms with E-state index in [4.69, 9.17) is 4.74 Å². The number of hydrogen-bond donors (Lipinski definition) is 0. The van der Waals surface area contributed by atoms with Crippen molar-refractivity contribution in [2.45, 2.75) is 33.3 Å². The molecule has 0 bridgehead atoms. The molecule has 0 fully saturated rings. The van der Waals surface area contributed by atoms with Crippen LogP contribution in [0.1, 0.15) is 42.6 Å². The van der Waals surface area contributed by atoms with E-state index < -0.39 is 0 Å². The topological polar surface area (TPSA) is 29.5 Å². The molecule has 0 spiro atoms.